The van der Waals surface area contributed by atoms with Crippen LogP contribution in [0.2, 0.25) is 0 Å². The normalized spacial score (nSPS) is 16.5. The predicted molar refractivity (Wildman–Crippen MR) is 120 cm³/mol. The largest absolute Gasteiger partial charge is 0.497 e. The molecule has 31 heavy (non-hydrogen) atoms. The van der Waals surface area contributed by atoms with Crippen molar-refractivity contribution in [1.29, 1.82) is 0 Å². The summed E-state index contributed by atoms with van der Waals surface area (Å²) in [5.41, 5.74) is 3.21. The van der Waals surface area contributed by atoms with Crippen molar-refractivity contribution >= 4 is 17.7 Å². The summed E-state index contributed by atoms with van der Waals surface area (Å²) >= 11 is 0. The van der Waals surface area contributed by atoms with E-state index < -0.39 is 0 Å². The SMILES string of the molecule is COc1ccc(CC(=O)N2CCc3nc(N4CCOCC4)nc(N(C)C)c3CC2)cc1. The second-order valence-electron chi connectivity index (χ2n) is 8.17. The van der Waals surface area contributed by atoms with Gasteiger partial charge in [-0.15, -0.1) is 0 Å². The fourth-order valence-electron chi connectivity index (χ4n) is 4.12. The fraction of sp³-hybridized carbons (Fsp3) is 0.522. The number of hydrogen-bond donors (Lipinski definition) is 0. The number of carbonyl (C=O) groups excluding carboxylic acids is 1. The Morgan fingerprint density at radius 2 is 1.77 bits per heavy atom. The van der Waals surface area contributed by atoms with Gasteiger partial charge < -0.3 is 24.2 Å². The highest BCUT2D eigenvalue weighted by molar-refractivity contribution is 5.79. The van der Waals surface area contributed by atoms with Crippen molar-refractivity contribution in [3.05, 3.63) is 41.1 Å². The number of anilines is 2. The lowest BCUT2D eigenvalue weighted by atomic mass is 10.1. The Hall–Kier alpha value is -2.87. The number of rotatable bonds is 5. The lowest BCUT2D eigenvalue weighted by molar-refractivity contribution is -0.130. The summed E-state index contributed by atoms with van der Waals surface area (Å²) in [5.74, 6) is 2.66. The van der Waals surface area contributed by atoms with Gasteiger partial charge in [0.25, 0.3) is 0 Å². The molecule has 1 saturated heterocycles. The number of methoxy groups -OCH3 is 1. The van der Waals surface area contributed by atoms with E-state index in [-0.39, 0.29) is 5.91 Å². The van der Waals surface area contributed by atoms with Gasteiger partial charge in [0.2, 0.25) is 11.9 Å². The van der Waals surface area contributed by atoms with Crippen LogP contribution >= 0.6 is 0 Å². The molecular weight excluding hydrogens is 394 g/mol. The monoisotopic (exact) mass is 425 g/mol. The van der Waals surface area contributed by atoms with Gasteiger partial charge in [0.1, 0.15) is 11.6 Å². The summed E-state index contributed by atoms with van der Waals surface area (Å²) in [6.07, 6.45) is 1.90. The molecular formula is C23H31N5O3. The van der Waals surface area contributed by atoms with Crippen molar-refractivity contribution in [2.45, 2.75) is 19.3 Å². The average molecular weight is 426 g/mol. The first kappa shape index (κ1) is 21.4. The highest BCUT2D eigenvalue weighted by Crippen LogP contribution is 2.27. The smallest absolute Gasteiger partial charge is 0.227 e. The molecule has 166 valence electrons. The van der Waals surface area contributed by atoms with Crippen molar-refractivity contribution in [3.63, 3.8) is 0 Å². The quantitative estimate of drug-likeness (QED) is 0.720. The van der Waals surface area contributed by atoms with Gasteiger partial charge in [-0.2, -0.15) is 4.98 Å². The first-order valence-corrected chi connectivity index (χ1v) is 10.9. The second-order valence-corrected chi connectivity index (χ2v) is 8.17. The zero-order valence-corrected chi connectivity index (χ0v) is 18.6. The van der Waals surface area contributed by atoms with Crippen LogP contribution in [0.5, 0.6) is 5.75 Å². The number of carbonyl (C=O) groups is 1. The molecule has 0 aliphatic carbocycles. The van der Waals surface area contributed by atoms with E-state index in [0.717, 1.165) is 60.3 Å². The highest BCUT2D eigenvalue weighted by atomic mass is 16.5. The van der Waals surface area contributed by atoms with E-state index in [0.29, 0.717) is 32.7 Å². The van der Waals surface area contributed by atoms with Crippen LogP contribution in [0, 0.1) is 0 Å². The molecule has 1 aromatic carbocycles. The van der Waals surface area contributed by atoms with Gasteiger partial charge in [-0.1, -0.05) is 12.1 Å². The molecule has 0 unspecified atom stereocenters. The molecule has 0 spiro atoms. The van der Waals surface area contributed by atoms with Crippen molar-refractivity contribution in [1.82, 2.24) is 14.9 Å². The first-order chi connectivity index (χ1) is 15.0. The minimum Gasteiger partial charge on any atom is -0.497 e. The zero-order chi connectivity index (χ0) is 21.8. The highest BCUT2D eigenvalue weighted by Gasteiger charge is 2.25. The maximum atomic E-state index is 13.0. The molecule has 2 aliphatic heterocycles. The van der Waals surface area contributed by atoms with Crippen LogP contribution in [0.15, 0.2) is 24.3 Å². The van der Waals surface area contributed by atoms with Gasteiger partial charge in [-0.25, -0.2) is 4.98 Å². The maximum absolute atomic E-state index is 13.0. The Kier molecular flexibility index (Phi) is 6.56. The lowest BCUT2D eigenvalue weighted by Gasteiger charge is -2.28. The molecule has 2 aromatic rings. The minimum absolute atomic E-state index is 0.144. The van der Waals surface area contributed by atoms with Gasteiger partial charge in [0.15, 0.2) is 0 Å². The number of morpholine rings is 1. The minimum atomic E-state index is 0.144. The third kappa shape index (κ3) is 4.90. The Bertz CT molecular complexity index is 910. The molecule has 1 aromatic heterocycles. The topological polar surface area (TPSA) is 71.0 Å². The maximum Gasteiger partial charge on any atom is 0.227 e. The van der Waals surface area contributed by atoms with Crippen LogP contribution < -0.4 is 14.5 Å². The van der Waals surface area contributed by atoms with Crippen molar-refractivity contribution < 1.29 is 14.3 Å². The summed E-state index contributed by atoms with van der Waals surface area (Å²) in [7, 11) is 5.68. The summed E-state index contributed by atoms with van der Waals surface area (Å²) < 4.78 is 10.7. The fourth-order valence-corrected chi connectivity index (χ4v) is 4.12. The van der Waals surface area contributed by atoms with E-state index >= 15 is 0 Å². The van der Waals surface area contributed by atoms with Crippen LogP contribution in [0.4, 0.5) is 11.8 Å². The Morgan fingerprint density at radius 1 is 1.06 bits per heavy atom. The van der Waals surface area contributed by atoms with E-state index in [4.69, 9.17) is 19.4 Å². The average Bonchev–Trinajstić information content (AvgIpc) is 3.02. The molecule has 0 atom stereocenters. The van der Waals surface area contributed by atoms with Crippen LogP contribution in [0.25, 0.3) is 0 Å². The molecule has 3 heterocycles. The van der Waals surface area contributed by atoms with Crippen LogP contribution in [0.3, 0.4) is 0 Å². The van der Waals surface area contributed by atoms with E-state index in [2.05, 4.69) is 9.80 Å². The number of benzene rings is 1. The standard InChI is InChI=1S/C23H31N5O3/c1-26(2)22-19-8-10-27(21(29)16-17-4-6-18(30-3)7-5-17)11-9-20(19)24-23(25-22)28-12-14-31-15-13-28/h4-7H,8-16H2,1-3H3. The molecule has 8 heteroatoms. The number of aromatic nitrogens is 2. The van der Waals surface area contributed by atoms with Gasteiger partial charge in [0, 0.05) is 52.3 Å². The van der Waals surface area contributed by atoms with E-state index in [1.54, 1.807) is 7.11 Å². The Balaban J connectivity index is 1.50. The first-order valence-electron chi connectivity index (χ1n) is 10.9. The molecule has 0 radical (unpaired) electrons. The van der Waals surface area contributed by atoms with E-state index in [1.165, 1.54) is 0 Å². The van der Waals surface area contributed by atoms with Gasteiger partial charge in [-0.3, -0.25) is 4.79 Å². The molecule has 0 bridgehead atoms. The van der Waals surface area contributed by atoms with E-state index in [9.17, 15) is 4.79 Å². The summed E-state index contributed by atoms with van der Waals surface area (Å²) in [6.45, 7) is 4.37. The van der Waals surface area contributed by atoms with Gasteiger partial charge in [0.05, 0.1) is 32.4 Å². The molecule has 0 N–H and O–H groups in total. The Morgan fingerprint density at radius 3 is 2.45 bits per heavy atom. The van der Waals surface area contributed by atoms with Gasteiger partial charge >= 0.3 is 0 Å². The van der Waals surface area contributed by atoms with Crippen molar-refractivity contribution in [2.24, 2.45) is 0 Å². The van der Waals surface area contributed by atoms with E-state index in [1.807, 2.05) is 43.3 Å². The third-order valence-corrected chi connectivity index (χ3v) is 5.89. The third-order valence-electron chi connectivity index (χ3n) is 5.89. The van der Waals surface area contributed by atoms with Crippen molar-refractivity contribution in [2.75, 3.05) is 70.4 Å². The van der Waals surface area contributed by atoms with Crippen LogP contribution in [-0.4, -0.2) is 81.4 Å². The van der Waals surface area contributed by atoms with Gasteiger partial charge in [-0.05, 0) is 24.1 Å². The number of hydrogen-bond acceptors (Lipinski definition) is 7. The number of amides is 1. The Labute approximate surface area is 183 Å². The predicted octanol–water partition coefficient (Wildman–Crippen LogP) is 1.56. The number of ether oxygens (including phenoxy) is 2. The molecule has 8 nitrogen and oxygen atoms in total. The molecule has 1 fully saturated rings. The summed E-state index contributed by atoms with van der Waals surface area (Å²) in [5, 5.41) is 0. The lowest BCUT2D eigenvalue weighted by Crippen LogP contribution is -2.38. The zero-order valence-electron chi connectivity index (χ0n) is 18.6. The number of nitrogens with zero attached hydrogens (tertiary/aromatic N) is 5. The second kappa shape index (κ2) is 9.51. The summed E-state index contributed by atoms with van der Waals surface area (Å²) in [6, 6.07) is 7.70. The van der Waals surface area contributed by atoms with Crippen molar-refractivity contribution in [3.8, 4) is 5.75 Å². The molecule has 4 rings (SSSR count). The van der Waals surface area contributed by atoms with Crippen LogP contribution in [-0.2, 0) is 28.8 Å². The molecule has 1 amide bonds. The summed E-state index contributed by atoms with van der Waals surface area (Å²) in [4.78, 5) is 29.0. The number of fused-ring (bicyclic) bond motifs is 1. The molecule has 0 saturated carbocycles. The van der Waals surface area contributed by atoms with Crippen LogP contribution in [0.1, 0.15) is 16.8 Å². The molecule has 2 aliphatic rings.